The van der Waals surface area contributed by atoms with Gasteiger partial charge in [-0.25, -0.2) is 0 Å². The molecule has 0 aromatic carbocycles. The SMILES string of the molecule is CC(C)(C)C(=O)N1CCC(C(=O)OCC(=O)NC(C2CC2)C2CC2)CC1. The second-order valence-corrected chi connectivity index (χ2v) is 9.19. The Hall–Kier alpha value is -1.59. The Bertz CT molecular complexity index is 541. The Labute approximate surface area is 156 Å². The number of rotatable bonds is 6. The van der Waals surface area contributed by atoms with Crippen LogP contribution in [0.15, 0.2) is 0 Å². The van der Waals surface area contributed by atoms with E-state index in [4.69, 9.17) is 4.74 Å². The number of likely N-dealkylation sites (tertiary alicyclic amines) is 1. The molecule has 2 aliphatic carbocycles. The zero-order chi connectivity index (χ0) is 18.9. The zero-order valence-corrected chi connectivity index (χ0v) is 16.3. The molecule has 6 heteroatoms. The Kier molecular flexibility index (Phi) is 5.58. The second-order valence-electron chi connectivity index (χ2n) is 9.19. The van der Waals surface area contributed by atoms with Crippen molar-refractivity contribution >= 4 is 17.8 Å². The standard InChI is InChI=1S/C20H32N2O4/c1-20(2,3)19(25)22-10-8-15(9-11-22)18(24)26-12-16(23)21-17(13-4-5-13)14-6-7-14/h13-15,17H,4-12H2,1-3H3,(H,21,23). The average Bonchev–Trinajstić information content (AvgIpc) is 3.48. The Morgan fingerprint density at radius 2 is 1.54 bits per heavy atom. The molecule has 0 radical (unpaired) electrons. The van der Waals surface area contributed by atoms with E-state index >= 15 is 0 Å². The fraction of sp³-hybridized carbons (Fsp3) is 0.850. The maximum Gasteiger partial charge on any atom is 0.309 e. The number of amides is 2. The molecule has 146 valence electrons. The van der Waals surface area contributed by atoms with Gasteiger partial charge in [0.2, 0.25) is 5.91 Å². The Balaban J connectivity index is 1.37. The first-order valence-corrected chi connectivity index (χ1v) is 10.0. The van der Waals surface area contributed by atoms with Crippen molar-refractivity contribution in [3.8, 4) is 0 Å². The van der Waals surface area contributed by atoms with Gasteiger partial charge in [0.15, 0.2) is 6.61 Å². The van der Waals surface area contributed by atoms with Crippen molar-refractivity contribution in [3.05, 3.63) is 0 Å². The lowest BCUT2D eigenvalue weighted by Crippen LogP contribution is -2.45. The van der Waals surface area contributed by atoms with E-state index in [1.165, 1.54) is 25.7 Å². The summed E-state index contributed by atoms with van der Waals surface area (Å²) < 4.78 is 5.25. The van der Waals surface area contributed by atoms with E-state index in [-0.39, 0.29) is 36.4 Å². The van der Waals surface area contributed by atoms with Crippen molar-refractivity contribution in [2.24, 2.45) is 23.2 Å². The van der Waals surface area contributed by atoms with Gasteiger partial charge in [-0.1, -0.05) is 20.8 Å². The van der Waals surface area contributed by atoms with E-state index in [1.54, 1.807) is 0 Å². The molecule has 0 unspecified atom stereocenters. The van der Waals surface area contributed by atoms with Crippen molar-refractivity contribution in [2.45, 2.75) is 65.3 Å². The number of nitrogens with zero attached hydrogens (tertiary/aromatic N) is 1. The molecule has 0 spiro atoms. The third kappa shape index (κ3) is 4.98. The lowest BCUT2D eigenvalue weighted by Gasteiger charge is -2.34. The molecule has 0 atom stereocenters. The van der Waals surface area contributed by atoms with E-state index in [0.29, 0.717) is 37.8 Å². The molecule has 26 heavy (non-hydrogen) atoms. The normalized spacial score (nSPS) is 21.6. The molecule has 0 bridgehead atoms. The minimum atomic E-state index is -0.398. The topological polar surface area (TPSA) is 75.7 Å². The van der Waals surface area contributed by atoms with Gasteiger partial charge < -0.3 is 15.0 Å². The fourth-order valence-electron chi connectivity index (χ4n) is 3.81. The van der Waals surface area contributed by atoms with Gasteiger partial charge in [-0.15, -0.1) is 0 Å². The van der Waals surface area contributed by atoms with Crippen molar-refractivity contribution in [1.82, 2.24) is 10.2 Å². The number of piperidine rings is 1. The van der Waals surface area contributed by atoms with Crippen LogP contribution in [0.2, 0.25) is 0 Å². The van der Waals surface area contributed by atoms with Crippen LogP contribution in [0.25, 0.3) is 0 Å². The number of esters is 1. The van der Waals surface area contributed by atoms with Crippen molar-refractivity contribution in [3.63, 3.8) is 0 Å². The summed E-state index contributed by atoms with van der Waals surface area (Å²) in [7, 11) is 0. The second kappa shape index (κ2) is 7.57. The van der Waals surface area contributed by atoms with Crippen LogP contribution in [0.1, 0.15) is 59.3 Å². The molecule has 3 rings (SSSR count). The van der Waals surface area contributed by atoms with E-state index in [1.807, 2.05) is 25.7 Å². The van der Waals surface area contributed by atoms with Gasteiger partial charge in [0, 0.05) is 24.5 Å². The average molecular weight is 364 g/mol. The van der Waals surface area contributed by atoms with Gasteiger partial charge in [-0.3, -0.25) is 14.4 Å². The van der Waals surface area contributed by atoms with Crippen LogP contribution in [-0.4, -0.2) is 48.4 Å². The Morgan fingerprint density at radius 3 is 2.00 bits per heavy atom. The summed E-state index contributed by atoms with van der Waals surface area (Å²) in [6, 6.07) is 0.285. The first-order chi connectivity index (χ1) is 12.3. The lowest BCUT2D eigenvalue weighted by molar-refractivity contribution is -0.156. The van der Waals surface area contributed by atoms with Gasteiger partial charge in [0.1, 0.15) is 0 Å². The third-order valence-corrected chi connectivity index (χ3v) is 5.69. The van der Waals surface area contributed by atoms with Crippen LogP contribution in [0.3, 0.4) is 0 Å². The summed E-state index contributed by atoms with van der Waals surface area (Å²) in [6.07, 6.45) is 6.02. The molecule has 3 fully saturated rings. The highest BCUT2D eigenvalue weighted by molar-refractivity contribution is 5.83. The highest BCUT2D eigenvalue weighted by Crippen LogP contribution is 2.44. The van der Waals surface area contributed by atoms with Crippen LogP contribution in [0.5, 0.6) is 0 Å². The van der Waals surface area contributed by atoms with E-state index in [9.17, 15) is 14.4 Å². The van der Waals surface area contributed by atoms with Gasteiger partial charge in [0.05, 0.1) is 5.92 Å². The number of carbonyl (C=O) groups excluding carboxylic acids is 3. The Morgan fingerprint density at radius 1 is 1.00 bits per heavy atom. The van der Waals surface area contributed by atoms with Gasteiger partial charge in [-0.2, -0.15) is 0 Å². The van der Waals surface area contributed by atoms with E-state index in [2.05, 4.69) is 5.32 Å². The molecule has 3 aliphatic rings. The number of nitrogens with one attached hydrogen (secondary N) is 1. The molecular formula is C20H32N2O4. The van der Waals surface area contributed by atoms with Crippen molar-refractivity contribution in [1.29, 1.82) is 0 Å². The van der Waals surface area contributed by atoms with Crippen LogP contribution < -0.4 is 5.32 Å². The molecule has 2 saturated carbocycles. The van der Waals surface area contributed by atoms with Crippen molar-refractivity contribution < 1.29 is 19.1 Å². The molecule has 1 saturated heterocycles. The third-order valence-electron chi connectivity index (χ3n) is 5.69. The summed E-state index contributed by atoms with van der Waals surface area (Å²) in [5.41, 5.74) is -0.398. The van der Waals surface area contributed by atoms with E-state index < -0.39 is 5.41 Å². The van der Waals surface area contributed by atoms with Gasteiger partial charge in [-0.05, 0) is 50.4 Å². The number of hydrogen-bond acceptors (Lipinski definition) is 4. The van der Waals surface area contributed by atoms with Crippen molar-refractivity contribution in [2.75, 3.05) is 19.7 Å². The van der Waals surface area contributed by atoms with Crippen LogP contribution >= 0.6 is 0 Å². The predicted molar refractivity (Wildman–Crippen MR) is 97.1 cm³/mol. The lowest BCUT2D eigenvalue weighted by atomic mass is 9.91. The fourth-order valence-corrected chi connectivity index (χ4v) is 3.81. The molecule has 1 heterocycles. The molecule has 1 N–H and O–H groups in total. The summed E-state index contributed by atoms with van der Waals surface area (Å²) in [4.78, 5) is 38.5. The summed E-state index contributed by atoms with van der Waals surface area (Å²) in [5.74, 6) is 0.683. The molecular weight excluding hydrogens is 332 g/mol. The minimum Gasteiger partial charge on any atom is -0.455 e. The van der Waals surface area contributed by atoms with Crippen LogP contribution in [0.4, 0.5) is 0 Å². The first kappa shape index (κ1) is 19.2. The highest BCUT2D eigenvalue weighted by atomic mass is 16.5. The van der Waals surface area contributed by atoms with E-state index in [0.717, 1.165) is 0 Å². The quantitative estimate of drug-likeness (QED) is 0.733. The van der Waals surface area contributed by atoms with Gasteiger partial charge in [0.25, 0.3) is 5.91 Å². The molecule has 1 aliphatic heterocycles. The molecule has 6 nitrogen and oxygen atoms in total. The molecule has 0 aromatic heterocycles. The largest absolute Gasteiger partial charge is 0.455 e. The first-order valence-electron chi connectivity index (χ1n) is 10.0. The number of ether oxygens (including phenoxy) is 1. The maximum atomic E-state index is 12.3. The summed E-state index contributed by atoms with van der Waals surface area (Å²) in [6.45, 7) is 6.69. The highest BCUT2D eigenvalue weighted by Gasteiger charge is 2.42. The smallest absolute Gasteiger partial charge is 0.309 e. The minimum absolute atomic E-state index is 0.120. The number of hydrogen-bond donors (Lipinski definition) is 1. The predicted octanol–water partition coefficient (Wildman–Crippen LogP) is 2.12. The monoisotopic (exact) mass is 364 g/mol. The summed E-state index contributed by atoms with van der Waals surface area (Å²) in [5, 5.41) is 3.07. The molecule has 2 amide bonds. The summed E-state index contributed by atoms with van der Waals surface area (Å²) >= 11 is 0. The zero-order valence-electron chi connectivity index (χ0n) is 16.3. The van der Waals surface area contributed by atoms with Gasteiger partial charge >= 0.3 is 5.97 Å². The van der Waals surface area contributed by atoms with Crippen LogP contribution in [-0.2, 0) is 19.1 Å². The molecule has 0 aromatic rings. The number of carbonyl (C=O) groups is 3. The van der Waals surface area contributed by atoms with Crippen LogP contribution in [0, 0.1) is 23.2 Å². The maximum absolute atomic E-state index is 12.3.